The van der Waals surface area contributed by atoms with Crippen LogP contribution < -0.4 is 5.32 Å². The van der Waals surface area contributed by atoms with E-state index >= 15 is 0 Å². The maximum Gasteiger partial charge on any atom is 0.265 e. The minimum atomic E-state index is -0.792. The zero-order chi connectivity index (χ0) is 20.7. The first-order chi connectivity index (χ1) is 14.6. The summed E-state index contributed by atoms with van der Waals surface area (Å²) in [6.45, 7) is 0. The summed E-state index contributed by atoms with van der Waals surface area (Å²) in [7, 11) is 0. The summed E-state index contributed by atoms with van der Waals surface area (Å²) in [5, 5.41) is 5.29. The fraction of sp³-hybridized carbons (Fsp3) is 0.130. The minimum absolute atomic E-state index is 0.419. The van der Waals surface area contributed by atoms with Gasteiger partial charge in [-0.05, 0) is 60.2 Å². The first kappa shape index (κ1) is 19.1. The standard InChI is InChI=1S/C23H16F2N2OS2/c24-17-5-2-6-18(25)20(17)27-22(28)19-12-14-4-1-3-13-7-8-15(23-26-9-10-29-23)11-16(13)21(14)30-19/h2,5-12H,1,3-4H2,(H,27,28). The maximum atomic E-state index is 13.9. The second kappa shape index (κ2) is 7.74. The first-order valence-corrected chi connectivity index (χ1v) is 11.2. The molecule has 1 aliphatic carbocycles. The topological polar surface area (TPSA) is 42.0 Å². The number of hydrogen-bond acceptors (Lipinski definition) is 4. The van der Waals surface area contributed by atoms with Crippen molar-refractivity contribution in [1.29, 1.82) is 0 Å². The van der Waals surface area contributed by atoms with Gasteiger partial charge in [-0.15, -0.1) is 22.7 Å². The fourth-order valence-electron chi connectivity index (χ4n) is 3.72. The Morgan fingerprint density at radius 1 is 1.03 bits per heavy atom. The number of carbonyl (C=O) groups is 1. The minimum Gasteiger partial charge on any atom is -0.316 e. The summed E-state index contributed by atoms with van der Waals surface area (Å²) in [6, 6.07) is 11.7. The number of carbonyl (C=O) groups excluding carboxylic acids is 1. The summed E-state index contributed by atoms with van der Waals surface area (Å²) in [5.74, 6) is -2.09. The summed E-state index contributed by atoms with van der Waals surface area (Å²) in [5.41, 5.74) is 4.07. The van der Waals surface area contributed by atoms with Gasteiger partial charge in [0.25, 0.3) is 5.91 Å². The number of nitrogens with zero attached hydrogens (tertiary/aromatic N) is 1. The zero-order valence-corrected chi connectivity index (χ0v) is 17.4. The van der Waals surface area contributed by atoms with E-state index in [2.05, 4.69) is 28.5 Å². The van der Waals surface area contributed by atoms with Crippen LogP contribution in [0.25, 0.3) is 21.0 Å². The molecule has 0 unspecified atom stereocenters. The van der Waals surface area contributed by atoms with Crippen molar-refractivity contribution in [3.63, 3.8) is 0 Å². The van der Waals surface area contributed by atoms with Crippen LogP contribution in [0.15, 0.2) is 54.0 Å². The van der Waals surface area contributed by atoms with Gasteiger partial charge in [-0.1, -0.05) is 18.2 Å². The van der Waals surface area contributed by atoms with Gasteiger partial charge < -0.3 is 5.32 Å². The number of fused-ring (bicyclic) bond motifs is 3. The third kappa shape index (κ3) is 3.44. The lowest BCUT2D eigenvalue weighted by Crippen LogP contribution is -2.12. The van der Waals surface area contributed by atoms with Gasteiger partial charge in [0.2, 0.25) is 0 Å². The van der Waals surface area contributed by atoms with Gasteiger partial charge in [0.05, 0.1) is 4.88 Å². The van der Waals surface area contributed by atoms with Crippen LogP contribution in [0.4, 0.5) is 14.5 Å². The lowest BCUT2D eigenvalue weighted by Gasteiger charge is -2.08. The summed E-state index contributed by atoms with van der Waals surface area (Å²) in [4.78, 5) is 18.6. The molecule has 2 heterocycles. The third-order valence-corrected chi connectivity index (χ3v) is 7.19. The molecular formula is C23H16F2N2OS2. The predicted octanol–water partition coefficient (Wildman–Crippen LogP) is 6.56. The Hall–Kier alpha value is -2.90. The molecule has 0 fully saturated rings. The van der Waals surface area contributed by atoms with E-state index in [0.29, 0.717) is 4.88 Å². The average molecular weight is 439 g/mol. The van der Waals surface area contributed by atoms with Gasteiger partial charge in [-0.25, -0.2) is 13.8 Å². The highest BCUT2D eigenvalue weighted by Crippen LogP contribution is 2.41. The van der Waals surface area contributed by atoms with Crippen LogP contribution in [0.5, 0.6) is 0 Å². The molecule has 0 atom stereocenters. The van der Waals surface area contributed by atoms with Crippen LogP contribution in [0, 0.1) is 11.6 Å². The number of benzene rings is 2. The number of amides is 1. The van der Waals surface area contributed by atoms with Crippen molar-refractivity contribution < 1.29 is 13.6 Å². The van der Waals surface area contributed by atoms with Crippen LogP contribution in [-0.2, 0) is 12.8 Å². The molecule has 1 amide bonds. The number of thiophene rings is 1. The molecule has 3 nitrogen and oxygen atoms in total. The number of halogens is 2. The lowest BCUT2D eigenvalue weighted by molar-refractivity contribution is 0.102. The number of aryl methyl sites for hydroxylation is 2. The van der Waals surface area contributed by atoms with E-state index in [9.17, 15) is 13.6 Å². The first-order valence-electron chi connectivity index (χ1n) is 9.51. The van der Waals surface area contributed by atoms with Gasteiger partial charge >= 0.3 is 0 Å². The van der Waals surface area contributed by atoms with Gasteiger partial charge in [0, 0.05) is 22.0 Å². The number of thiazole rings is 1. The Balaban J connectivity index is 1.53. The van der Waals surface area contributed by atoms with Crippen molar-refractivity contribution in [1.82, 2.24) is 4.98 Å². The van der Waals surface area contributed by atoms with Crippen molar-refractivity contribution in [2.24, 2.45) is 0 Å². The number of aromatic nitrogens is 1. The number of hydrogen-bond donors (Lipinski definition) is 1. The van der Waals surface area contributed by atoms with Crippen molar-refractivity contribution >= 4 is 34.3 Å². The Morgan fingerprint density at radius 2 is 1.83 bits per heavy atom. The molecule has 0 aliphatic heterocycles. The second-order valence-electron chi connectivity index (χ2n) is 7.08. The van der Waals surface area contributed by atoms with Gasteiger partial charge in [0.1, 0.15) is 22.3 Å². The van der Waals surface area contributed by atoms with Crippen LogP contribution >= 0.6 is 22.7 Å². The highest BCUT2D eigenvalue weighted by atomic mass is 32.1. The van der Waals surface area contributed by atoms with Gasteiger partial charge in [-0.2, -0.15) is 0 Å². The summed E-state index contributed by atoms with van der Waals surface area (Å²) < 4.78 is 27.9. The summed E-state index contributed by atoms with van der Waals surface area (Å²) in [6.07, 6.45) is 4.59. The van der Waals surface area contributed by atoms with Crippen molar-refractivity contribution in [3.05, 3.63) is 81.7 Å². The molecule has 5 rings (SSSR count). The molecule has 1 aliphatic rings. The van der Waals surface area contributed by atoms with Crippen LogP contribution in [0.1, 0.15) is 27.2 Å². The fourth-order valence-corrected chi connectivity index (χ4v) is 5.51. The Kier molecular flexibility index (Phi) is 4.92. The third-order valence-electron chi connectivity index (χ3n) is 5.16. The molecular weight excluding hydrogens is 422 g/mol. The Morgan fingerprint density at radius 3 is 2.60 bits per heavy atom. The lowest BCUT2D eigenvalue weighted by atomic mass is 10.0. The van der Waals surface area contributed by atoms with Gasteiger partial charge in [-0.3, -0.25) is 4.79 Å². The SMILES string of the molecule is O=C(Nc1c(F)cccc1F)c1cc2c(s1)-c1cc(-c3nccs3)ccc1CCC2. The van der Waals surface area contributed by atoms with Gasteiger partial charge in [0.15, 0.2) is 0 Å². The number of nitrogens with one attached hydrogen (secondary N) is 1. The van der Waals surface area contributed by atoms with E-state index in [-0.39, 0.29) is 0 Å². The molecule has 150 valence electrons. The normalized spacial score (nSPS) is 12.7. The van der Waals surface area contributed by atoms with E-state index in [1.165, 1.54) is 23.0 Å². The Labute approximate surface area is 180 Å². The summed E-state index contributed by atoms with van der Waals surface area (Å²) >= 11 is 2.95. The molecule has 0 saturated carbocycles. The van der Waals surface area contributed by atoms with E-state index in [1.54, 1.807) is 17.5 Å². The second-order valence-corrected chi connectivity index (χ2v) is 9.03. The highest BCUT2D eigenvalue weighted by Gasteiger charge is 2.22. The van der Waals surface area contributed by atoms with E-state index in [1.807, 2.05) is 11.4 Å². The number of para-hydroxylation sites is 1. The van der Waals surface area contributed by atoms with Crippen molar-refractivity contribution in [3.8, 4) is 21.0 Å². The predicted molar refractivity (Wildman–Crippen MR) is 117 cm³/mol. The molecule has 30 heavy (non-hydrogen) atoms. The maximum absolute atomic E-state index is 13.9. The quantitative estimate of drug-likeness (QED) is 0.394. The molecule has 0 bridgehead atoms. The van der Waals surface area contributed by atoms with Crippen LogP contribution in [0.3, 0.4) is 0 Å². The monoisotopic (exact) mass is 438 g/mol. The average Bonchev–Trinajstić information content (AvgIpc) is 3.39. The largest absolute Gasteiger partial charge is 0.316 e. The smallest absolute Gasteiger partial charge is 0.265 e. The van der Waals surface area contributed by atoms with Crippen LogP contribution in [0.2, 0.25) is 0 Å². The number of rotatable bonds is 3. The number of anilines is 1. The zero-order valence-electron chi connectivity index (χ0n) is 15.7. The molecule has 0 radical (unpaired) electrons. The molecule has 7 heteroatoms. The molecule has 0 saturated heterocycles. The molecule has 0 spiro atoms. The molecule has 2 aromatic heterocycles. The van der Waals surface area contributed by atoms with E-state index in [4.69, 9.17) is 0 Å². The van der Waals surface area contributed by atoms with Crippen LogP contribution in [-0.4, -0.2) is 10.9 Å². The molecule has 2 aromatic carbocycles. The van der Waals surface area contributed by atoms with Crippen molar-refractivity contribution in [2.75, 3.05) is 5.32 Å². The molecule has 1 N–H and O–H groups in total. The molecule has 4 aromatic rings. The van der Waals surface area contributed by atoms with Crippen molar-refractivity contribution in [2.45, 2.75) is 19.3 Å². The van der Waals surface area contributed by atoms with E-state index < -0.39 is 23.2 Å². The Bertz CT molecular complexity index is 1230. The highest BCUT2D eigenvalue weighted by molar-refractivity contribution is 7.17. The van der Waals surface area contributed by atoms with E-state index in [0.717, 1.165) is 58.0 Å².